The number of aliphatic imine (C=N–C) groups is 1. The highest BCUT2D eigenvalue weighted by atomic mass is 16.5. The zero-order chi connectivity index (χ0) is 14.4. The summed E-state index contributed by atoms with van der Waals surface area (Å²) in [5.74, 6) is -1.38. The summed E-state index contributed by atoms with van der Waals surface area (Å²) < 4.78 is 5.33. The van der Waals surface area contributed by atoms with E-state index in [0.29, 0.717) is 17.9 Å². The van der Waals surface area contributed by atoms with Crippen molar-refractivity contribution in [3.05, 3.63) is 11.3 Å². The highest BCUT2D eigenvalue weighted by molar-refractivity contribution is 6.05. The topological polar surface area (TPSA) is 88.0 Å². The third-order valence-electron chi connectivity index (χ3n) is 2.84. The van der Waals surface area contributed by atoms with E-state index in [1.807, 2.05) is 6.92 Å². The van der Waals surface area contributed by atoms with E-state index in [4.69, 9.17) is 9.84 Å². The normalized spacial score (nSPS) is 18.4. The van der Waals surface area contributed by atoms with E-state index >= 15 is 0 Å². The van der Waals surface area contributed by atoms with Gasteiger partial charge in [0.25, 0.3) is 0 Å². The molecular weight excluding hydrogens is 248 g/mol. The second kappa shape index (κ2) is 7.04. The minimum absolute atomic E-state index is 0.0117. The van der Waals surface area contributed by atoms with Gasteiger partial charge in [0.05, 0.1) is 24.8 Å². The maximum Gasteiger partial charge on any atom is 0.308 e. The molecule has 2 N–H and O–H groups in total. The number of ether oxygens (including phenoxy) is 1. The van der Waals surface area contributed by atoms with Crippen molar-refractivity contribution in [3.8, 4) is 0 Å². The fourth-order valence-electron chi connectivity index (χ4n) is 1.53. The van der Waals surface area contributed by atoms with Crippen LogP contribution in [0.1, 0.15) is 20.8 Å². The summed E-state index contributed by atoms with van der Waals surface area (Å²) in [5, 5.41) is 11.9. The van der Waals surface area contributed by atoms with E-state index in [0.717, 1.165) is 0 Å². The molecule has 0 spiro atoms. The van der Waals surface area contributed by atoms with Crippen LogP contribution in [0.15, 0.2) is 16.3 Å². The van der Waals surface area contributed by atoms with Crippen molar-refractivity contribution in [3.63, 3.8) is 0 Å². The molecule has 1 aliphatic rings. The molecule has 0 aliphatic carbocycles. The van der Waals surface area contributed by atoms with Crippen molar-refractivity contribution in [2.75, 3.05) is 19.8 Å². The summed E-state index contributed by atoms with van der Waals surface area (Å²) in [6.07, 6.45) is 1.65. The van der Waals surface area contributed by atoms with Crippen LogP contribution in [0.5, 0.6) is 0 Å². The Balaban J connectivity index is 2.37. The molecule has 6 heteroatoms. The Kier molecular flexibility index (Phi) is 5.69. The summed E-state index contributed by atoms with van der Waals surface area (Å²) in [6, 6.07) is -0.0247. The van der Waals surface area contributed by atoms with Crippen molar-refractivity contribution in [2.24, 2.45) is 10.9 Å². The van der Waals surface area contributed by atoms with Gasteiger partial charge in [-0.2, -0.15) is 0 Å². The predicted octanol–water partition coefficient (Wildman–Crippen LogP) is 0.629. The molecule has 0 bridgehead atoms. The molecule has 0 aromatic rings. The summed E-state index contributed by atoms with van der Waals surface area (Å²) in [5.41, 5.74) is 1.37. The van der Waals surface area contributed by atoms with Crippen LogP contribution in [0.4, 0.5) is 0 Å². The van der Waals surface area contributed by atoms with Gasteiger partial charge in [0.2, 0.25) is 0 Å². The van der Waals surface area contributed by atoms with Gasteiger partial charge in [0.15, 0.2) is 5.78 Å². The first-order valence-electron chi connectivity index (χ1n) is 6.22. The van der Waals surface area contributed by atoms with E-state index in [-0.39, 0.29) is 25.0 Å². The van der Waals surface area contributed by atoms with Crippen LogP contribution in [0, 0.1) is 5.92 Å². The van der Waals surface area contributed by atoms with Crippen molar-refractivity contribution in [2.45, 2.75) is 26.8 Å². The quantitative estimate of drug-likeness (QED) is 0.707. The molecule has 6 nitrogen and oxygen atoms in total. The Hall–Kier alpha value is -1.69. The molecule has 2 atom stereocenters. The summed E-state index contributed by atoms with van der Waals surface area (Å²) >= 11 is 0. The molecule has 0 aromatic carbocycles. The Morgan fingerprint density at radius 1 is 1.53 bits per heavy atom. The number of nitrogens with one attached hydrogen (secondary N) is 1. The number of dihydropyridines is 1. The number of rotatable bonds is 7. The van der Waals surface area contributed by atoms with Crippen molar-refractivity contribution < 1.29 is 19.4 Å². The molecule has 0 aromatic heterocycles. The van der Waals surface area contributed by atoms with Gasteiger partial charge < -0.3 is 15.2 Å². The molecule has 19 heavy (non-hydrogen) atoms. The molecule has 1 aliphatic heterocycles. The lowest BCUT2D eigenvalue weighted by atomic mass is 10.1. The van der Waals surface area contributed by atoms with Crippen LogP contribution in [0.2, 0.25) is 0 Å². The van der Waals surface area contributed by atoms with E-state index in [1.54, 1.807) is 20.1 Å². The second-order valence-electron chi connectivity index (χ2n) is 4.75. The first-order chi connectivity index (χ1) is 8.91. The van der Waals surface area contributed by atoms with Crippen molar-refractivity contribution >= 4 is 18.0 Å². The van der Waals surface area contributed by atoms with Gasteiger partial charge >= 0.3 is 5.97 Å². The average Bonchev–Trinajstić information content (AvgIpc) is 2.34. The first-order valence-corrected chi connectivity index (χ1v) is 6.22. The third kappa shape index (κ3) is 4.82. The third-order valence-corrected chi connectivity index (χ3v) is 2.84. The zero-order valence-corrected chi connectivity index (χ0v) is 11.5. The van der Waals surface area contributed by atoms with E-state index in [1.165, 1.54) is 0 Å². The number of hydrogen-bond acceptors (Lipinski definition) is 5. The van der Waals surface area contributed by atoms with Crippen LogP contribution in [-0.4, -0.2) is 48.9 Å². The number of carboxylic acids is 1. The number of carbonyl (C=O) groups excluding carboxylic acids is 1. The number of hydrogen-bond donors (Lipinski definition) is 2. The van der Waals surface area contributed by atoms with Gasteiger partial charge in [-0.3, -0.25) is 14.6 Å². The smallest absolute Gasteiger partial charge is 0.308 e. The van der Waals surface area contributed by atoms with Crippen LogP contribution in [0.25, 0.3) is 0 Å². The van der Waals surface area contributed by atoms with E-state index in [2.05, 4.69) is 10.3 Å². The maximum absolute atomic E-state index is 11.5. The SMILES string of the molecule is CC1=C(N[C@@H](C)COCC(C)C(=O)O)C=NCC1=O. The van der Waals surface area contributed by atoms with Gasteiger partial charge in [-0.1, -0.05) is 0 Å². The van der Waals surface area contributed by atoms with Gasteiger partial charge in [0, 0.05) is 17.8 Å². The average molecular weight is 268 g/mol. The van der Waals surface area contributed by atoms with Gasteiger partial charge in [-0.15, -0.1) is 0 Å². The van der Waals surface area contributed by atoms with E-state index < -0.39 is 11.9 Å². The second-order valence-corrected chi connectivity index (χ2v) is 4.75. The lowest BCUT2D eigenvalue weighted by Crippen LogP contribution is -2.34. The van der Waals surface area contributed by atoms with Crippen LogP contribution >= 0.6 is 0 Å². The predicted molar refractivity (Wildman–Crippen MR) is 71.3 cm³/mol. The molecule has 0 saturated heterocycles. The van der Waals surface area contributed by atoms with Gasteiger partial charge in [0.1, 0.15) is 6.54 Å². The summed E-state index contributed by atoms with van der Waals surface area (Å²) in [6.45, 7) is 6.01. The minimum atomic E-state index is -0.871. The zero-order valence-electron chi connectivity index (χ0n) is 11.5. The molecule has 1 rings (SSSR count). The highest BCUT2D eigenvalue weighted by Crippen LogP contribution is 2.07. The Labute approximate surface area is 112 Å². The number of allylic oxidation sites excluding steroid dienone is 1. The van der Waals surface area contributed by atoms with Crippen molar-refractivity contribution in [1.29, 1.82) is 0 Å². The monoisotopic (exact) mass is 268 g/mol. The highest BCUT2D eigenvalue weighted by Gasteiger charge is 2.16. The molecule has 1 unspecified atom stereocenters. The molecule has 0 fully saturated rings. The number of ketones is 1. The fraction of sp³-hybridized carbons (Fsp3) is 0.615. The number of carboxylic acid groups (broad SMARTS) is 1. The van der Waals surface area contributed by atoms with Crippen LogP contribution in [-0.2, 0) is 14.3 Å². The number of aliphatic carboxylic acids is 1. The fourth-order valence-corrected chi connectivity index (χ4v) is 1.53. The van der Waals surface area contributed by atoms with Crippen molar-refractivity contribution in [1.82, 2.24) is 5.32 Å². The molecule has 106 valence electrons. The molecule has 1 heterocycles. The molecular formula is C13H20N2O4. The van der Waals surface area contributed by atoms with Crippen LogP contribution < -0.4 is 5.32 Å². The largest absolute Gasteiger partial charge is 0.481 e. The summed E-state index contributed by atoms with van der Waals surface area (Å²) in [4.78, 5) is 26.0. The Morgan fingerprint density at radius 3 is 2.84 bits per heavy atom. The lowest BCUT2D eigenvalue weighted by molar-refractivity contribution is -0.143. The number of Topliss-reactive ketones (excluding diaryl/α,β-unsaturated/α-hetero) is 1. The first kappa shape index (κ1) is 15.4. The molecule has 0 saturated carbocycles. The van der Waals surface area contributed by atoms with Gasteiger partial charge in [-0.05, 0) is 20.8 Å². The standard InChI is InChI=1S/C13H20N2O4/c1-8(13(17)18)6-19-7-9(2)15-11-4-14-5-12(16)10(11)3/h4,8-9,15H,5-7H2,1-3H3,(H,17,18)/t8?,9-/m0/s1. The summed E-state index contributed by atoms with van der Waals surface area (Å²) in [7, 11) is 0. The minimum Gasteiger partial charge on any atom is -0.481 e. The molecule has 0 amide bonds. The number of nitrogens with zero attached hydrogens (tertiary/aromatic N) is 1. The molecule has 0 radical (unpaired) electrons. The van der Waals surface area contributed by atoms with E-state index in [9.17, 15) is 9.59 Å². The van der Waals surface area contributed by atoms with Gasteiger partial charge in [-0.25, -0.2) is 0 Å². The lowest BCUT2D eigenvalue weighted by Gasteiger charge is -2.19. The van der Waals surface area contributed by atoms with Crippen LogP contribution in [0.3, 0.4) is 0 Å². The Morgan fingerprint density at radius 2 is 2.21 bits per heavy atom. The maximum atomic E-state index is 11.5. The Bertz CT molecular complexity index is 415. The number of carbonyl (C=O) groups is 2.